The van der Waals surface area contributed by atoms with E-state index in [0.717, 1.165) is 0 Å². The van der Waals surface area contributed by atoms with Crippen molar-refractivity contribution < 1.29 is 34.6 Å². The van der Waals surface area contributed by atoms with Crippen LogP contribution >= 0.6 is 0 Å². The summed E-state index contributed by atoms with van der Waals surface area (Å²) in [6.45, 7) is 0. The van der Waals surface area contributed by atoms with Gasteiger partial charge >= 0.3 is 17.4 Å². The van der Waals surface area contributed by atoms with E-state index in [0.29, 0.717) is 0 Å². The average Bonchev–Trinajstić information content (AvgIpc) is 1.58. The minimum atomic E-state index is -1.96. The Morgan fingerprint density at radius 2 is 1.40 bits per heavy atom. The molecular weight excluding hydrogens is 150 g/mol. The summed E-state index contributed by atoms with van der Waals surface area (Å²) < 4.78 is 0. The van der Waals surface area contributed by atoms with E-state index in [1.165, 1.54) is 0 Å². The molecule has 0 unspecified atom stereocenters. The van der Waals surface area contributed by atoms with Crippen LogP contribution in [0.25, 0.3) is 0 Å². The summed E-state index contributed by atoms with van der Waals surface area (Å²) in [6.07, 6.45) is -3.92. The SMILES string of the molecule is O=C(O)O[N+](=O)OC(=O)O. The molecular formula is C2H2NO7+. The van der Waals surface area contributed by atoms with Crippen LogP contribution < -0.4 is 0 Å². The molecule has 0 heterocycles. The first-order chi connectivity index (χ1) is 4.52. The quantitative estimate of drug-likeness (QED) is 0.534. The Morgan fingerprint density at radius 1 is 1.10 bits per heavy atom. The van der Waals surface area contributed by atoms with Crippen molar-refractivity contribution in [3.8, 4) is 0 Å². The number of carboxylic acid groups (broad SMARTS) is 2. The van der Waals surface area contributed by atoms with Gasteiger partial charge in [0, 0.05) is 0 Å². The number of rotatable bonds is 2. The van der Waals surface area contributed by atoms with Crippen molar-refractivity contribution in [2.75, 3.05) is 0 Å². The molecule has 0 rings (SSSR count). The summed E-state index contributed by atoms with van der Waals surface area (Å²) in [5.41, 5.74) is 0. The second-order valence-electron chi connectivity index (χ2n) is 0.938. The highest BCUT2D eigenvalue weighted by atomic mass is 17.1. The van der Waals surface area contributed by atoms with Crippen LogP contribution in [0.5, 0.6) is 0 Å². The van der Waals surface area contributed by atoms with Crippen molar-refractivity contribution >= 4 is 12.3 Å². The minimum Gasteiger partial charge on any atom is -0.445 e. The van der Waals surface area contributed by atoms with Gasteiger partial charge in [-0.15, -0.1) is 0 Å². The molecule has 0 aliphatic rings. The fourth-order valence-corrected chi connectivity index (χ4v) is 0.146. The second-order valence-corrected chi connectivity index (χ2v) is 0.938. The van der Waals surface area contributed by atoms with Crippen LogP contribution in [0.15, 0.2) is 0 Å². The average molecular weight is 152 g/mol. The van der Waals surface area contributed by atoms with Crippen LogP contribution in [-0.4, -0.2) is 27.6 Å². The van der Waals surface area contributed by atoms with Crippen molar-refractivity contribution in [1.29, 1.82) is 0 Å². The summed E-state index contributed by atoms with van der Waals surface area (Å²) in [5.74, 6) is 0. The molecule has 0 fully saturated rings. The largest absolute Gasteiger partial charge is 0.580 e. The van der Waals surface area contributed by atoms with Crippen molar-refractivity contribution in [3.63, 3.8) is 0 Å². The normalized spacial score (nSPS) is 8.00. The maximum atomic E-state index is 9.77. The van der Waals surface area contributed by atoms with Gasteiger partial charge in [0.05, 0.1) is 0 Å². The summed E-state index contributed by atoms with van der Waals surface area (Å²) >= 11 is 0. The zero-order valence-electron chi connectivity index (χ0n) is 4.38. The van der Waals surface area contributed by atoms with E-state index in [4.69, 9.17) is 10.2 Å². The predicted octanol–water partition coefficient (Wildman–Crippen LogP) is -0.0155. The highest BCUT2D eigenvalue weighted by Crippen LogP contribution is 1.82. The van der Waals surface area contributed by atoms with Crippen LogP contribution in [0.2, 0.25) is 0 Å². The Morgan fingerprint density at radius 3 is 1.60 bits per heavy atom. The third kappa shape index (κ3) is 4.30. The van der Waals surface area contributed by atoms with E-state index >= 15 is 0 Å². The van der Waals surface area contributed by atoms with E-state index in [-0.39, 0.29) is 0 Å². The molecule has 0 amide bonds. The lowest BCUT2D eigenvalue weighted by Gasteiger charge is -1.79. The predicted molar refractivity (Wildman–Crippen MR) is 21.8 cm³/mol. The van der Waals surface area contributed by atoms with Gasteiger partial charge in [0.1, 0.15) is 4.91 Å². The molecule has 0 aliphatic carbocycles. The lowest BCUT2D eigenvalue weighted by Crippen LogP contribution is -2.17. The molecule has 0 aromatic rings. The molecule has 0 spiro atoms. The number of hydrogen-bond donors (Lipinski definition) is 2. The molecule has 2 N–H and O–H groups in total. The van der Waals surface area contributed by atoms with Gasteiger partial charge in [-0.2, -0.15) is 9.59 Å². The summed E-state index contributed by atoms with van der Waals surface area (Å²) in [4.78, 5) is 35.0. The first kappa shape index (κ1) is 8.14. The molecule has 0 atom stereocenters. The van der Waals surface area contributed by atoms with Crippen molar-refractivity contribution in [2.45, 2.75) is 0 Å². The minimum absolute atomic E-state index is 1.05. The Labute approximate surface area is 53.1 Å². The first-order valence-corrected chi connectivity index (χ1v) is 1.81. The molecule has 0 aliphatic heterocycles. The highest BCUT2D eigenvalue weighted by molar-refractivity contribution is 5.56. The summed E-state index contributed by atoms with van der Waals surface area (Å²) in [6, 6.07) is 0. The molecule has 8 nitrogen and oxygen atoms in total. The monoisotopic (exact) mass is 152 g/mol. The van der Waals surface area contributed by atoms with Crippen LogP contribution in [0.1, 0.15) is 0 Å². The molecule has 0 aromatic heterocycles. The lowest BCUT2D eigenvalue weighted by molar-refractivity contribution is -0.946. The van der Waals surface area contributed by atoms with E-state index in [9.17, 15) is 14.5 Å². The van der Waals surface area contributed by atoms with E-state index < -0.39 is 17.4 Å². The van der Waals surface area contributed by atoms with Gasteiger partial charge < -0.3 is 10.2 Å². The van der Waals surface area contributed by atoms with Crippen molar-refractivity contribution in [1.82, 2.24) is 0 Å². The molecule has 56 valence electrons. The molecule has 0 saturated heterocycles. The van der Waals surface area contributed by atoms with Crippen LogP contribution in [0.4, 0.5) is 9.59 Å². The van der Waals surface area contributed by atoms with E-state index in [1.54, 1.807) is 0 Å². The van der Waals surface area contributed by atoms with Gasteiger partial charge in [0.2, 0.25) is 0 Å². The number of hydrogen-bond acceptors (Lipinski definition) is 5. The van der Waals surface area contributed by atoms with Gasteiger partial charge in [0.25, 0.3) is 0 Å². The van der Waals surface area contributed by atoms with Crippen LogP contribution in [-0.2, 0) is 9.68 Å². The van der Waals surface area contributed by atoms with Crippen LogP contribution in [0, 0.1) is 4.91 Å². The number of nitrogens with zero attached hydrogens (tertiary/aromatic N) is 1. The summed E-state index contributed by atoms with van der Waals surface area (Å²) in [5, 5.41) is 14.3. The van der Waals surface area contributed by atoms with E-state index in [1.807, 2.05) is 0 Å². The highest BCUT2D eigenvalue weighted by Gasteiger charge is 2.23. The topological polar surface area (TPSA) is 113 Å². The van der Waals surface area contributed by atoms with E-state index in [2.05, 4.69) is 9.68 Å². The smallest absolute Gasteiger partial charge is 0.445 e. The van der Waals surface area contributed by atoms with Gasteiger partial charge in [0.15, 0.2) is 0 Å². The maximum Gasteiger partial charge on any atom is 0.580 e. The van der Waals surface area contributed by atoms with Gasteiger partial charge in [-0.1, -0.05) is 9.68 Å². The molecule has 0 aromatic carbocycles. The first-order valence-electron chi connectivity index (χ1n) is 1.81. The fraction of sp³-hybridized carbons (Fsp3) is 0. The third-order valence-corrected chi connectivity index (χ3v) is 0.305. The Bertz CT molecular complexity index is 154. The Hall–Kier alpha value is -1.86. The van der Waals surface area contributed by atoms with Crippen molar-refractivity contribution in [3.05, 3.63) is 4.91 Å². The zero-order chi connectivity index (χ0) is 8.15. The van der Waals surface area contributed by atoms with Gasteiger partial charge in [-0.3, -0.25) is 0 Å². The summed E-state index contributed by atoms with van der Waals surface area (Å²) in [7, 11) is 0. The van der Waals surface area contributed by atoms with Crippen molar-refractivity contribution in [2.24, 2.45) is 0 Å². The fourth-order valence-electron chi connectivity index (χ4n) is 0.146. The molecule has 0 saturated carbocycles. The Kier molecular flexibility index (Phi) is 2.62. The molecule has 0 radical (unpaired) electrons. The Balaban J connectivity index is 3.65. The molecule has 8 heteroatoms. The van der Waals surface area contributed by atoms with Crippen LogP contribution in [0.3, 0.4) is 0 Å². The maximum absolute atomic E-state index is 9.77. The molecule has 0 bridgehead atoms. The molecule has 10 heavy (non-hydrogen) atoms. The second kappa shape index (κ2) is 3.22. The van der Waals surface area contributed by atoms with Gasteiger partial charge in [-0.05, 0) is 0 Å². The van der Waals surface area contributed by atoms with Gasteiger partial charge in [-0.25, -0.2) is 0 Å². The standard InChI is InChI=1S/C2HNO7/c4-1(5)9-3(8)10-2(6)7/h(H-,4,5,6,7)/p+1. The third-order valence-electron chi connectivity index (χ3n) is 0.305. The zero-order valence-corrected chi connectivity index (χ0v) is 4.38. The lowest BCUT2D eigenvalue weighted by atomic mass is 11.4. The number of carbonyl (C=O) groups is 2.